The SMILES string of the molecule is CCC(C(=O)N1CCOC(CN(CC(=O)O)S(C)(=O)=O)C1)N(CC)CC. The molecule has 2 atom stereocenters. The number of ether oxygens (including phenoxy) is 1. The fraction of sp³-hybridized carbons (Fsp3) is 0.875. The van der Waals surface area contributed by atoms with Gasteiger partial charge in [0.15, 0.2) is 0 Å². The van der Waals surface area contributed by atoms with Crippen LogP contribution in [-0.4, -0.2) is 104 Å². The second-order valence-corrected chi connectivity index (χ2v) is 8.35. The molecule has 1 aliphatic heterocycles. The fourth-order valence-electron chi connectivity index (χ4n) is 3.19. The van der Waals surface area contributed by atoms with E-state index in [1.165, 1.54) is 0 Å². The van der Waals surface area contributed by atoms with Crippen molar-refractivity contribution >= 4 is 21.9 Å². The normalized spacial score (nSPS) is 19.8. The largest absolute Gasteiger partial charge is 0.480 e. The van der Waals surface area contributed by atoms with Crippen LogP contribution in [0.4, 0.5) is 0 Å². The Kier molecular flexibility index (Phi) is 8.94. The molecule has 1 amide bonds. The molecule has 1 aliphatic rings. The highest BCUT2D eigenvalue weighted by molar-refractivity contribution is 7.88. The lowest BCUT2D eigenvalue weighted by Crippen LogP contribution is -2.55. The molecular weight excluding hydrogens is 362 g/mol. The summed E-state index contributed by atoms with van der Waals surface area (Å²) in [5.41, 5.74) is 0. The first-order chi connectivity index (χ1) is 12.1. The van der Waals surface area contributed by atoms with E-state index in [9.17, 15) is 18.0 Å². The van der Waals surface area contributed by atoms with Crippen LogP contribution in [0.25, 0.3) is 0 Å². The Bertz CT molecular complexity index is 579. The highest BCUT2D eigenvalue weighted by atomic mass is 32.2. The van der Waals surface area contributed by atoms with Crippen molar-refractivity contribution in [2.24, 2.45) is 0 Å². The minimum Gasteiger partial charge on any atom is -0.480 e. The molecule has 0 bridgehead atoms. The molecule has 1 rings (SSSR count). The quantitative estimate of drug-likeness (QED) is 0.542. The minimum absolute atomic E-state index is 0.00800. The number of amides is 1. The maximum Gasteiger partial charge on any atom is 0.318 e. The number of rotatable bonds is 10. The highest BCUT2D eigenvalue weighted by Gasteiger charge is 2.33. The average molecular weight is 394 g/mol. The van der Waals surface area contributed by atoms with Gasteiger partial charge in [-0.05, 0) is 19.5 Å². The number of hydrogen-bond acceptors (Lipinski definition) is 6. The molecule has 10 heteroatoms. The van der Waals surface area contributed by atoms with Gasteiger partial charge in [-0.3, -0.25) is 14.5 Å². The molecule has 0 aliphatic carbocycles. The van der Waals surface area contributed by atoms with Gasteiger partial charge in [-0.2, -0.15) is 4.31 Å². The van der Waals surface area contributed by atoms with Gasteiger partial charge in [0.1, 0.15) is 6.54 Å². The zero-order valence-corrected chi connectivity index (χ0v) is 16.9. The second-order valence-electron chi connectivity index (χ2n) is 6.37. The molecule has 1 N–H and O–H groups in total. The van der Waals surface area contributed by atoms with E-state index in [1.54, 1.807) is 4.90 Å². The maximum atomic E-state index is 12.9. The standard InChI is InChI=1S/C16H31N3O6S/c1-5-14(17(6-2)7-3)16(22)18-8-9-25-13(10-18)11-19(12-15(20)21)26(4,23)24/h13-14H,5-12H2,1-4H3,(H,20,21). The second kappa shape index (κ2) is 10.2. The van der Waals surface area contributed by atoms with Gasteiger partial charge in [0.25, 0.3) is 0 Å². The average Bonchev–Trinajstić information content (AvgIpc) is 2.57. The first-order valence-corrected chi connectivity index (χ1v) is 10.8. The van der Waals surface area contributed by atoms with Crippen LogP contribution < -0.4 is 0 Å². The molecule has 0 aromatic carbocycles. The topological polar surface area (TPSA) is 107 Å². The number of nitrogens with zero attached hydrogens (tertiary/aromatic N) is 3. The Balaban J connectivity index is 2.81. The predicted molar refractivity (Wildman–Crippen MR) is 97.4 cm³/mol. The summed E-state index contributed by atoms with van der Waals surface area (Å²) >= 11 is 0. The van der Waals surface area contributed by atoms with Crippen LogP contribution in [0.3, 0.4) is 0 Å². The third kappa shape index (κ3) is 6.49. The van der Waals surface area contributed by atoms with Gasteiger partial charge < -0.3 is 14.7 Å². The summed E-state index contributed by atoms with van der Waals surface area (Å²) in [6, 6.07) is -0.214. The fourth-order valence-corrected chi connectivity index (χ4v) is 3.97. The van der Waals surface area contributed by atoms with E-state index in [0.29, 0.717) is 19.6 Å². The van der Waals surface area contributed by atoms with E-state index in [0.717, 1.165) is 23.7 Å². The first-order valence-electron chi connectivity index (χ1n) is 8.95. The molecule has 152 valence electrons. The molecule has 0 radical (unpaired) electrons. The molecule has 9 nitrogen and oxygen atoms in total. The molecule has 1 heterocycles. The third-order valence-electron chi connectivity index (χ3n) is 4.56. The number of carbonyl (C=O) groups excluding carboxylic acids is 1. The summed E-state index contributed by atoms with van der Waals surface area (Å²) < 4.78 is 30.1. The Labute approximate surface area is 155 Å². The number of carboxylic acids is 1. The van der Waals surface area contributed by atoms with Gasteiger partial charge >= 0.3 is 5.97 Å². The van der Waals surface area contributed by atoms with E-state index >= 15 is 0 Å². The summed E-state index contributed by atoms with van der Waals surface area (Å²) in [4.78, 5) is 27.6. The highest BCUT2D eigenvalue weighted by Crippen LogP contribution is 2.14. The van der Waals surface area contributed by atoms with Crippen molar-refractivity contribution in [2.45, 2.75) is 39.3 Å². The van der Waals surface area contributed by atoms with Crippen molar-refractivity contribution in [3.05, 3.63) is 0 Å². The van der Waals surface area contributed by atoms with E-state index < -0.39 is 28.6 Å². The van der Waals surface area contributed by atoms with Crippen molar-refractivity contribution in [1.82, 2.24) is 14.1 Å². The Hall–Kier alpha value is -1.23. The molecule has 0 saturated carbocycles. The molecule has 0 aromatic rings. The van der Waals surface area contributed by atoms with E-state index in [-0.39, 0.29) is 25.0 Å². The summed E-state index contributed by atoms with van der Waals surface area (Å²) in [5.74, 6) is -1.22. The Morgan fingerprint density at radius 1 is 1.27 bits per heavy atom. The number of sulfonamides is 1. The predicted octanol–water partition coefficient (Wildman–Crippen LogP) is -0.320. The smallest absolute Gasteiger partial charge is 0.318 e. The van der Waals surface area contributed by atoms with Crippen molar-refractivity contribution in [3.63, 3.8) is 0 Å². The molecule has 2 unspecified atom stereocenters. The van der Waals surface area contributed by atoms with E-state index in [1.807, 2.05) is 20.8 Å². The Morgan fingerprint density at radius 2 is 1.88 bits per heavy atom. The van der Waals surface area contributed by atoms with Gasteiger partial charge in [-0.1, -0.05) is 20.8 Å². The van der Waals surface area contributed by atoms with Crippen LogP contribution in [-0.2, 0) is 24.3 Å². The van der Waals surface area contributed by atoms with Crippen LogP contribution in [0.5, 0.6) is 0 Å². The number of carbonyl (C=O) groups is 2. The monoisotopic (exact) mass is 393 g/mol. The lowest BCUT2D eigenvalue weighted by molar-refractivity contribution is -0.145. The maximum absolute atomic E-state index is 12.9. The van der Waals surface area contributed by atoms with Crippen LogP contribution in [0.2, 0.25) is 0 Å². The van der Waals surface area contributed by atoms with Gasteiger partial charge in [0.05, 0.1) is 25.0 Å². The van der Waals surface area contributed by atoms with Crippen molar-refractivity contribution < 1.29 is 27.9 Å². The molecule has 1 fully saturated rings. The van der Waals surface area contributed by atoms with E-state index in [4.69, 9.17) is 9.84 Å². The van der Waals surface area contributed by atoms with Gasteiger partial charge in [-0.25, -0.2) is 8.42 Å². The summed E-state index contributed by atoms with van der Waals surface area (Å²) in [5, 5.41) is 8.92. The summed E-state index contributed by atoms with van der Waals surface area (Å²) in [7, 11) is -3.68. The zero-order valence-electron chi connectivity index (χ0n) is 16.0. The van der Waals surface area contributed by atoms with Crippen molar-refractivity contribution in [2.75, 3.05) is 52.1 Å². The molecule has 0 spiro atoms. The van der Waals surface area contributed by atoms with Gasteiger partial charge in [0, 0.05) is 19.6 Å². The number of morpholine rings is 1. The van der Waals surface area contributed by atoms with Gasteiger partial charge in [0.2, 0.25) is 15.9 Å². The molecule has 26 heavy (non-hydrogen) atoms. The lowest BCUT2D eigenvalue weighted by atomic mass is 10.1. The van der Waals surface area contributed by atoms with Crippen LogP contribution in [0, 0.1) is 0 Å². The van der Waals surface area contributed by atoms with Crippen molar-refractivity contribution in [1.29, 1.82) is 0 Å². The summed E-state index contributed by atoms with van der Waals surface area (Å²) in [6.45, 7) is 7.83. The number of carboxylic acid groups (broad SMARTS) is 1. The lowest BCUT2D eigenvalue weighted by Gasteiger charge is -2.38. The minimum atomic E-state index is -3.68. The molecular formula is C16H31N3O6S. The molecule has 0 aromatic heterocycles. The Morgan fingerprint density at radius 3 is 2.35 bits per heavy atom. The van der Waals surface area contributed by atoms with E-state index in [2.05, 4.69) is 4.90 Å². The number of likely N-dealkylation sites (N-methyl/N-ethyl adjacent to an activating group) is 1. The molecule has 1 saturated heterocycles. The zero-order chi connectivity index (χ0) is 19.9. The van der Waals surface area contributed by atoms with Crippen LogP contribution in [0.1, 0.15) is 27.2 Å². The van der Waals surface area contributed by atoms with Crippen LogP contribution >= 0.6 is 0 Å². The van der Waals surface area contributed by atoms with Crippen molar-refractivity contribution in [3.8, 4) is 0 Å². The third-order valence-corrected chi connectivity index (χ3v) is 5.78. The number of hydrogen-bond donors (Lipinski definition) is 1. The first kappa shape index (κ1) is 22.8. The number of aliphatic carboxylic acids is 1. The van der Waals surface area contributed by atoms with Crippen LogP contribution in [0.15, 0.2) is 0 Å². The summed E-state index contributed by atoms with van der Waals surface area (Å²) in [6.07, 6.45) is 1.11. The van der Waals surface area contributed by atoms with Gasteiger partial charge in [-0.15, -0.1) is 0 Å².